The number of hydrogen-bond acceptors (Lipinski definition) is 1. The molecule has 0 saturated heterocycles. The predicted molar refractivity (Wildman–Crippen MR) is 195 cm³/mol. The summed E-state index contributed by atoms with van der Waals surface area (Å²) in [6.45, 7) is 4.70. The van der Waals surface area contributed by atoms with Crippen LogP contribution in [-0.4, -0.2) is 0 Å². The molecule has 0 N–H and O–H groups in total. The second-order valence-corrected chi connectivity index (χ2v) is 12.6. The molecule has 0 radical (unpaired) electrons. The summed E-state index contributed by atoms with van der Waals surface area (Å²) in [4.78, 5) is 2.45. The van der Waals surface area contributed by atoms with E-state index in [1.54, 1.807) is 0 Å². The molecule has 7 aromatic rings. The van der Waals surface area contributed by atoms with Gasteiger partial charge in [0.1, 0.15) is 0 Å². The summed E-state index contributed by atoms with van der Waals surface area (Å²) in [5.41, 5.74) is 16.0. The SMILES string of the molecule is CC1(C)c2ccccc2-c2c(-c3ccccc3N(c3cccc(-c4ccccc4)c3)c3ccccc3-c3ccccc3)cccc21. The fourth-order valence-corrected chi connectivity index (χ4v) is 7.27. The standard InChI is InChI=1S/C45H35N/c1-45(2)40-27-12-9-25-39(40)44-38(26-16-28-41(44)45)37-24-11-14-30-43(37)46(35-22-15-21-34(31-35)32-17-5-3-6-18-32)42-29-13-10-23-36(42)33-19-7-4-8-20-33/h3-31H,1-2H3. The van der Waals surface area contributed by atoms with Crippen LogP contribution in [-0.2, 0) is 5.41 Å². The molecular formula is C45H35N. The number of hydrogen-bond donors (Lipinski definition) is 0. The Bertz CT molecular complexity index is 2180. The number of rotatable bonds is 6. The summed E-state index contributed by atoms with van der Waals surface area (Å²) in [6, 6.07) is 63.8. The van der Waals surface area contributed by atoms with E-state index in [1.165, 1.54) is 55.6 Å². The van der Waals surface area contributed by atoms with Gasteiger partial charge in [0.2, 0.25) is 0 Å². The molecule has 0 amide bonds. The zero-order valence-electron chi connectivity index (χ0n) is 26.2. The highest BCUT2D eigenvalue weighted by Crippen LogP contribution is 2.54. The van der Waals surface area contributed by atoms with E-state index in [9.17, 15) is 0 Å². The van der Waals surface area contributed by atoms with Crippen LogP contribution in [0.2, 0.25) is 0 Å². The first-order valence-corrected chi connectivity index (χ1v) is 16.0. The normalized spacial score (nSPS) is 12.7. The van der Waals surface area contributed by atoms with Gasteiger partial charge in [0.25, 0.3) is 0 Å². The van der Waals surface area contributed by atoms with Gasteiger partial charge in [0.05, 0.1) is 11.4 Å². The third-order valence-electron chi connectivity index (χ3n) is 9.48. The Hall–Kier alpha value is -5.66. The van der Waals surface area contributed by atoms with Crippen molar-refractivity contribution < 1.29 is 0 Å². The van der Waals surface area contributed by atoms with Crippen LogP contribution in [0.15, 0.2) is 176 Å². The van der Waals surface area contributed by atoms with E-state index in [-0.39, 0.29) is 5.41 Å². The average Bonchev–Trinajstić information content (AvgIpc) is 3.36. The van der Waals surface area contributed by atoms with Crippen molar-refractivity contribution in [1.82, 2.24) is 0 Å². The fourth-order valence-electron chi connectivity index (χ4n) is 7.27. The van der Waals surface area contributed by atoms with Crippen LogP contribution in [0.4, 0.5) is 17.1 Å². The number of benzene rings is 7. The summed E-state index contributed by atoms with van der Waals surface area (Å²) in [6.07, 6.45) is 0. The molecule has 0 unspecified atom stereocenters. The molecule has 8 rings (SSSR count). The smallest absolute Gasteiger partial charge is 0.0540 e. The number of para-hydroxylation sites is 2. The Kier molecular flexibility index (Phi) is 6.88. The predicted octanol–water partition coefficient (Wildman–Crippen LogP) is 12.5. The molecule has 0 aliphatic heterocycles. The molecule has 1 aliphatic rings. The molecule has 46 heavy (non-hydrogen) atoms. The first kappa shape index (κ1) is 27.9. The Morgan fingerprint density at radius 1 is 0.370 bits per heavy atom. The maximum atomic E-state index is 2.45. The van der Waals surface area contributed by atoms with Gasteiger partial charge in [-0.3, -0.25) is 0 Å². The summed E-state index contributed by atoms with van der Waals surface area (Å²) in [5, 5.41) is 0. The maximum Gasteiger partial charge on any atom is 0.0540 e. The van der Waals surface area contributed by atoms with Gasteiger partial charge in [-0.15, -0.1) is 0 Å². The van der Waals surface area contributed by atoms with E-state index in [4.69, 9.17) is 0 Å². The molecule has 0 spiro atoms. The third kappa shape index (κ3) is 4.64. The van der Waals surface area contributed by atoms with E-state index in [1.807, 2.05) is 0 Å². The molecule has 1 aliphatic carbocycles. The lowest BCUT2D eigenvalue weighted by Crippen LogP contribution is -2.15. The minimum absolute atomic E-state index is 0.0690. The van der Waals surface area contributed by atoms with Crippen LogP contribution < -0.4 is 4.90 Å². The van der Waals surface area contributed by atoms with Crippen molar-refractivity contribution >= 4 is 17.1 Å². The topological polar surface area (TPSA) is 3.24 Å². The summed E-state index contributed by atoms with van der Waals surface area (Å²) < 4.78 is 0. The number of anilines is 3. The molecule has 0 heterocycles. The summed E-state index contributed by atoms with van der Waals surface area (Å²) in [5.74, 6) is 0. The highest BCUT2D eigenvalue weighted by Gasteiger charge is 2.37. The van der Waals surface area contributed by atoms with Crippen molar-refractivity contribution in [3.05, 3.63) is 187 Å². The van der Waals surface area contributed by atoms with Gasteiger partial charge in [-0.2, -0.15) is 0 Å². The molecule has 0 fully saturated rings. The molecule has 0 bridgehead atoms. The Labute approximate surface area is 272 Å². The van der Waals surface area contributed by atoms with Crippen molar-refractivity contribution in [3.8, 4) is 44.5 Å². The minimum Gasteiger partial charge on any atom is -0.309 e. The van der Waals surface area contributed by atoms with Crippen LogP contribution >= 0.6 is 0 Å². The van der Waals surface area contributed by atoms with E-state index < -0.39 is 0 Å². The first-order chi connectivity index (χ1) is 22.6. The van der Waals surface area contributed by atoms with Crippen LogP contribution in [0.3, 0.4) is 0 Å². The van der Waals surface area contributed by atoms with Gasteiger partial charge < -0.3 is 4.90 Å². The van der Waals surface area contributed by atoms with E-state index >= 15 is 0 Å². The number of fused-ring (bicyclic) bond motifs is 3. The van der Waals surface area contributed by atoms with E-state index in [2.05, 4.69) is 195 Å². The lowest BCUT2D eigenvalue weighted by Gasteiger charge is -2.30. The molecule has 7 aromatic carbocycles. The molecule has 0 saturated carbocycles. The van der Waals surface area contributed by atoms with Gasteiger partial charge in [0, 0.05) is 22.2 Å². The van der Waals surface area contributed by atoms with Gasteiger partial charge in [0.15, 0.2) is 0 Å². The third-order valence-corrected chi connectivity index (χ3v) is 9.48. The minimum atomic E-state index is -0.0690. The van der Waals surface area contributed by atoms with Crippen LogP contribution in [0.5, 0.6) is 0 Å². The van der Waals surface area contributed by atoms with Crippen LogP contribution in [0.1, 0.15) is 25.0 Å². The Morgan fingerprint density at radius 3 is 1.61 bits per heavy atom. The fraction of sp³-hybridized carbons (Fsp3) is 0.0667. The Morgan fingerprint density at radius 2 is 0.870 bits per heavy atom. The number of nitrogens with zero attached hydrogens (tertiary/aromatic N) is 1. The lowest BCUT2D eigenvalue weighted by atomic mass is 9.82. The van der Waals surface area contributed by atoms with Crippen molar-refractivity contribution in [1.29, 1.82) is 0 Å². The second kappa shape index (κ2) is 11.4. The Balaban J connectivity index is 1.40. The van der Waals surface area contributed by atoms with Gasteiger partial charge in [-0.25, -0.2) is 0 Å². The zero-order chi connectivity index (χ0) is 31.1. The summed E-state index contributed by atoms with van der Waals surface area (Å²) in [7, 11) is 0. The van der Waals surface area contributed by atoms with Gasteiger partial charge in [-0.05, 0) is 68.8 Å². The largest absolute Gasteiger partial charge is 0.309 e. The zero-order valence-corrected chi connectivity index (χ0v) is 26.2. The molecule has 1 heteroatoms. The van der Waals surface area contributed by atoms with Crippen molar-refractivity contribution in [2.75, 3.05) is 4.90 Å². The lowest BCUT2D eigenvalue weighted by molar-refractivity contribution is 0.660. The van der Waals surface area contributed by atoms with Crippen molar-refractivity contribution in [3.63, 3.8) is 0 Å². The van der Waals surface area contributed by atoms with Crippen molar-refractivity contribution in [2.45, 2.75) is 19.3 Å². The summed E-state index contributed by atoms with van der Waals surface area (Å²) >= 11 is 0. The van der Waals surface area contributed by atoms with Crippen LogP contribution in [0, 0.1) is 0 Å². The maximum absolute atomic E-state index is 2.45. The molecule has 220 valence electrons. The molecule has 1 nitrogen and oxygen atoms in total. The van der Waals surface area contributed by atoms with Crippen LogP contribution in [0.25, 0.3) is 44.5 Å². The van der Waals surface area contributed by atoms with Crippen molar-refractivity contribution in [2.24, 2.45) is 0 Å². The first-order valence-electron chi connectivity index (χ1n) is 16.0. The van der Waals surface area contributed by atoms with Gasteiger partial charge >= 0.3 is 0 Å². The molecular weight excluding hydrogens is 555 g/mol. The monoisotopic (exact) mass is 589 g/mol. The second-order valence-electron chi connectivity index (χ2n) is 12.6. The van der Waals surface area contributed by atoms with E-state index in [0.29, 0.717) is 0 Å². The highest BCUT2D eigenvalue weighted by atomic mass is 15.1. The van der Waals surface area contributed by atoms with Gasteiger partial charge in [-0.1, -0.05) is 166 Å². The highest BCUT2D eigenvalue weighted by molar-refractivity contribution is 5.99. The average molecular weight is 590 g/mol. The van der Waals surface area contributed by atoms with E-state index in [0.717, 1.165) is 17.1 Å². The molecule has 0 aromatic heterocycles. The molecule has 0 atom stereocenters. The quantitative estimate of drug-likeness (QED) is 0.186.